The monoisotopic (exact) mass is 281 g/mol. The molecule has 3 aromatic rings. The molecular formula is C16H15N3O2. The van der Waals surface area contributed by atoms with Crippen LogP contribution in [-0.2, 0) is 11.2 Å². The van der Waals surface area contributed by atoms with E-state index in [0.717, 1.165) is 33.5 Å². The second kappa shape index (κ2) is 5.28. The Hall–Kier alpha value is -2.82. The van der Waals surface area contributed by atoms with Gasteiger partial charge in [-0.2, -0.15) is 0 Å². The third kappa shape index (κ3) is 2.58. The molecule has 2 heterocycles. The molecule has 0 aliphatic heterocycles. The van der Waals surface area contributed by atoms with E-state index >= 15 is 0 Å². The van der Waals surface area contributed by atoms with Gasteiger partial charge in [-0.25, -0.2) is 4.98 Å². The first kappa shape index (κ1) is 13.2. The van der Waals surface area contributed by atoms with E-state index in [9.17, 15) is 4.79 Å². The highest BCUT2D eigenvalue weighted by Crippen LogP contribution is 2.27. The summed E-state index contributed by atoms with van der Waals surface area (Å²) in [6.45, 7) is 0. The molecule has 2 aromatic heterocycles. The first-order valence-electron chi connectivity index (χ1n) is 6.56. The van der Waals surface area contributed by atoms with E-state index in [-0.39, 0.29) is 12.3 Å². The molecule has 0 spiro atoms. The molecule has 3 rings (SSSR count). The number of nitrogens with two attached hydrogens (primary N) is 1. The number of fused-ring (bicyclic) bond motifs is 1. The van der Waals surface area contributed by atoms with Gasteiger partial charge in [-0.15, -0.1) is 0 Å². The Bertz CT molecular complexity index is 808. The van der Waals surface area contributed by atoms with Crippen LogP contribution < -0.4 is 10.5 Å². The number of primary amides is 1. The SMILES string of the molecule is COc1cccc(-c2cnc3[nH]cc(CC(N)=O)c3c2)c1. The van der Waals surface area contributed by atoms with Crippen LogP contribution >= 0.6 is 0 Å². The fourth-order valence-corrected chi connectivity index (χ4v) is 2.35. The molecule has 0 aliphatic rings. The molecule has 0 atom stereocenters. The summed E-state index contributed by atoms with van der Waals surface area (Å²) in [5.41, 5.74) is 8.85. The predicted molar refractivity (Wildman–Crippen MR) is 81.0 cm³/mol. The van der Waals surface area contributed by atoms with Gasteiger partial charge in [0.2, 0.25) is 5.91 Å². The van der Waals surface area contributed by atoms with Crippen LogP contribution in [0.2, 0.25) is 0 Å². The van der Waals surface area contributed by atoms with Crippen LogP contribution in [-0.4, -0.2) is 23.0 Å². The number of rotatable bonds is 4. The zero-order chi connectivity index (χ0) is 14.8. The van der Waals surface area contributed by atoms with E-state index in [1.165, 1.54) is 0 Å². The van der Waals surface area contributed by atoms with Crippen molar-refractivity contribution in [2.75, 3.05) is 7.11 Å². The van der Waals surface area contributed by atoms with Crippen molar-refractivity contribution < 1.29 is 9.53 Å². The maximum absolute atomic E-state index is 11.1. The van der Waals surface area contributed by atoms with Gasteiger partial charge < -0.3 is 15.5 Å². The maximum Gasteiger partial charge on any atom is 0.221 e. The second-order valence-corrected chi connectivity index (χ2v) is 4.81. The van der Waals surface area contributed by atoms with Crippen LogP contribution in [0.5, 0.6) is 5.75 Å². The van der Waals surface area contributed by atoms with Gasteiger partial charge in [-0.05, 0) is 29.3 Å². The number of carbonyl (C=O) groups is 1. The highest BCUT2D eigenvalue weighted by molar-refractivity contribution is 5.89. The van der Waals surface area contributed by atoms with E-state index in [4.69, 9.17) is 10.5 Å². The zero-order valence-electron chi connectivity index (χ0n) is 11.6. The molecule has 5 nitrogen and oxygen atoms in total. The van der Waals surface area contributed by atoms with Gasteiger partial charge >= 0.3 is 0 Å². The number of ether oxygens (including phenoxy) is 1. The van der Waals surface area contributed by atoms with Crippen molar-refractivity contribution in [3.63, 3.8) is 0 Å². The van der Waals surface area contributed by atoms with Crippen LogP contribution in [0.15, 0.2) is 42.7 Å². The highest BCUT2D eigenvalue weighted by Gasteiger charge is 2.09. The third-order valence-corrected chi connectivity index (χ3v) is 3.38. The van der Waals surface area contributed by atoms with Gasteiger partial charge in [-0.1, -0.05) is 12.1 Å². The number of pyridine rings is 1. The first-order chi connectivity index (χ1) is 10.2. The molecule has 3 N–H and O–H groups in total. The molecule has 21 heavy (non-hydrogen) atoms. The molecule has 1 amide bonds. The lowest BCUT2D eigenvalue weighted by Crippen LogP contribution is -2.13. The largest absolute Gasteiger partial charge is 0.497 e. The average Bonchev–Trinajstić information content (AvgIpc) is 2.89. The van der Waals surface area contributed by atoms with Gasteiger partial charge in [0.05, 0.1) is 13.5 Å². The van der Waals surface area contributed by atoms with E-state index < -0.39 is 0 Å². The van der Waals surface area contributed by atoms with E-state index in [2.05, 4.69) is 9.97 Å². The highest BCUT2D eigenvalue weighted by atomic mass is 16.5. The minimum absolute atomic E-state index is 0.198. The topological polar surface area (TPSA) is 81.0 Å². The summed E-state index contributed by atoms with van der Waals surface area (Å²) < 4.78 is 5.24. The summed E-state index contributed by atoms with van der Waals surface area (Å²) >= 11 is 0. The van der Waals surface area contributed by atoms with Crippen LogP contribution in [0.4, 0.5) is 0 Å². The summed E-state index contributed by atoms with van der Waals surface area (Å²) in [7, 11) is 1.64. The van der Waals surface area contributed by atoms with Crippen molar-refractivity contribution in [1.82, 2.24) is 9.97 Å². The Morgan fingerprint density at radius 2 is 2.19 bits per heavy atom. The summed E-state index contributed by atoms with van der Waals surface area (Å²) in [4.78, 5) is 18.6. The zero-order valence-corrected chi connectivity index (χ0v) is 11.6. The molecule has 0 fully saturated rings. The van der Waals surface area contributed by atoms with Crippen LogP contribution in [0.3, 0.4) is 0 Å². The third-order valence-electron chi connectivity index (χ3n) is 3.38. The Kier molecular flexibility index (Phi) is 3.31. The number of nitrogens with one attached hydrogen (secondary N) is 1. The smallest absolute Gasteiger partial charge is 0.221 e. The summed E-state index contributed by atoms with van der Waals surface area (Å²) in [5.74, 6) is 0.432. The number of hydrogen-bond acceptors (Lipinski definition) is 3. The molecule has 1 aromatic carbocycles. The van der Waals surface area contributed by atoms with Crippen molar-refractivity contribution in [3.05, 3.63) is 48.3 Å². The van der Waals surface area contributed by atoms with Crippen molar-refractivity contribution in [3.8, 4) is 16.9 Å². The molecule has 106 valence electrons. The van der Waals surface area contributed by atoms with Crippen LogP contribution in [0.25, 0.3) is 22.2 Å². The van der Waals surface area contributed by atoms with Crippen LogP contribution in [0, 0.1) is 0 Å². The maximum atomic E-state index is 11.1. The molecule has 0 unspecified atom stereocenters. The number of benzene rings is 1. The van der Waals surface area contributed by atoms with E-state index in [0.29, 0.717) is 0 Å². The molecule has 5 heteroatoms. The number of methoxy groups -OCH3 is 1. The van der Waals surface area contributed by atoms with Crippen molar-refractivity contribution in [2.24, 2.45) is 5.73 Å². The predicted octanol–water partition coefficient (Wildman–Crippen LogP) is 2.27. The van der Waals surface area contributed by atoms with E-state index in [1.807, 2.05) is 30.3 Å². The number of carbonyl (C=O) groups excluding carboxylic acids is 1. The molecular weight excluding hydrogens is 266 g/mol. The Morgan fingerprint density at radius 3 is 2.95 bits per heavy atom. The molecule has 0 saturated heterocycles. The van der Waals surface area contributed by atoms with Crippen molar-refractivity contribution >= 4 is 16.9 Å². The molecule has 0 aliphatic carbocycles. The van der Waals surface area contributed by atoms with Gasteiger partial charge in [-0.3, -0.25) is 4.79 Å². The lowest BCUT2D eigenvalue weighted by Gasteiger charge is -2.05. The quantitative estimate of drug-likeness (QED) is 0.769. The second-order valence-electron chi connectivity index (χ2n) is 4.81. The van der Waals surface area contributed by atoms with Gasteiger partial charge in [0, 0.05) is 23.3 Å². The molecule has 0 bridgehead atoms. The number of H-pyrrole nitrogens is 1. The fraction of sp³-hybridized carbons (Fsp3) is 0.125. The van der Waals surface area contributed by atoms with Crippen LogP contribution in [0.1, 0.15) is 5.56 Å². The first-order valence-corrected chi connectivity index (χ1v) is 6.56. The number of nitrogens with zero attached hydrogens (tertiary/aromatic N) is 1. The Morgan fingerprint density at radius 1 is 1.33 bits per heavy atom. The van der Waals surface area contributed by atoms with Gasteiger partial charge in [0.15, 0.2) is 0 Å². The molecule has 0 saturated carbocycles. The number of amides is 1. The normalized spacial score (nSPS) is 10.7. The minimum atomic E-state index is -0.359. The lowest BCUT2D eigenvalue weighted by atomic mass is 10.0. The minimum Gasteiger partial charge on any atom is -0.497 e. The summed E-state index contributed by atoms with van der Waals surface area (Å²) in [5, 5.41) is 0.911. The Balaban J connectivity index is 2.08. The number of aromatic nitrogens is 2. The fourth-order valence-electron chi connectivity index (χ4n) is 2.35. The standard InChI is InChI=1S/C16H15N3O2/c1-21-13-4-2-3-10(5-13)11-6-14-12(7-15(17)20)9-19-16(14)18-8-11/h2-6,8-9H,7H2,1H3,(H2,17,20)(H,18,19). The number of hydrogen-bond donors (Lipinski definition) is 2. The van der Waals surface area contributed by atoms with Crippen molar-refractivity contribution in [1.29, 1.82) is 0 Å². The van der Waals surface area contributed by atoms with Crippen molar-refractivity contribution in [2.45, 2.75) is 6.42 Å². The van der Waals surface area contributed by atoms with E-state index in [1.54, 1.807) is 19.5 Å². The lowest BCUT2D eigenvalue weighted by molar-refractivity contribution is -0.117. The molecule has 0 radical (unpaired) electrons. The van der Waals surface area contributed by atoms with Gasteiger partial charge in [0.1, 0.15) is 11.4 Å². The average molecular weight is 281 g/mol. The summed E-state index contributed by atoms with van der Waals surface area (Å²) in [6.07, 6.45) is 3.77. The Labute approximate surface area is 121 Å². The number of aromatic amines is 1. The van der Waals surface area contributed by atoms with Gasteiger partial charge in [0.25, 0.3) is 0 Å². The summed E-state index contributed by atoms with van der Waals surface area (Å²) in [6, 6.07) is 9.77.